The normalized spacial score (nSPS) is 11.6. The summed E-state index contributed by atoms with van der Waals surface area (Å²) < 4.78 is 0. The molecule has 0 spiro atoms. The number of hydrogen-bond acceptors (Lipinski definition) is 0. The summed E-state index contributed by atoms with van der Waals surface area (Å²) in [6.07, 6.45) is 0. The third kappa shape index (κ3) is 2.25. The Bertz CT molecular complexity index is 1490. The minimum Gasteiger partial charge on any atom is -0.0622 e. The molecule has 6 rings (SSSR count). The molecule has 0 heterocycles. The van der Waals surface area contributed by atoms with Crippen LogP contribution in [-0.2, 0) is 0 Å². The van der Waals surface area contributed by atoms with Crippen LogP contribution in [0.4, 0.5) is 0 Å². The SMILES string of the molecule is c1ccc(-c2ccc3c4ccccc4c4cc5ccccc5cc4c3c2)cc1. The summed E-state index contributed by atoms with van der Waals surface area (Å²) in [7, 11) is 0. The molecule has 0 aliphatic heterocycles. The third-order valence-electron chi connectivity index (χ3n) is 5.81. The molecule has 28 heavy (non-hydrogen) atoms. The molecule has 6 aromatic rings. The van der Waals surface area contributed by atoms with E-state index in [1.165, 1.54) is 54.2 Å². The summed E-state index contributed by atoms with van der Waals surface area (Å²) in [6.45, 7) is 0. The van der Waals surface area contributed by atoms with Crippen molar-refractivity contribution in [3.63, 3.8) is 0 Å². The molecular weight excluding hydrogens is 336 g/mol. The molecular formula is C28H18. The van der Waals surface area contributed by atoms with Gasteiger partial charge >= 0.3 is 0 Å². The van der Waals surface area contributed by atoms with Crippen molar-refractivity contribution in [2.45, 2.75) is 0 Å². The molecule has 0 saturated carbocycles. The average molecular weight is 354 g/mol. The van der Waals surface area contributed by atoms with Crippen molar-refractivity contribution in [3.8, 4) is 11.1 Å². The Morgan fingerprint density at radius 2 is 0.786 bits per heavy atom. The van der Waals surface area contributed by atoms with Crippen LogP contribution in [0.2, 0.25) is 0 Å². The third-order valence-corrected chi connectivity index (χ3v) is 5.81. The quantitative estimate of drug-likeness (QED) is 0.207. The summed E-state index contributed by atoms with van der Waals surface area (Å²) in [5, 5.41) is 10.5. The van der Waals surface area contributed by atoms with E-state index >= 15 is 0 Å². The maximum atomic E-state index is 2.36. The predicted molar refractivity (Wildman–Crippen MR) is 122 cm³/mol. The van der Waals surface area contributed by atoms with Crippen LogP contribution in [0.3, 0.4) is 0 Å². The minimum atomic E-state index is 1.26. The first kappa shape index (κ1) is 15.4. The zero-order chi connectivity index (χ0) is 18.5. The summed E-state index contributed by atoms with van der Waals surface area (Å²) in [5.41, 5.74) is 2.52. The maximum Gasteiger partial charge on any atom is -0.00923 e. The first-order valence-corrected chi connectivity index (χ1v) is 9.71. The summed E-state index contributed by atoms with van der Waals surface area (Å²) >= 11 is 0. The van der Waals surface area contributed by atoms with Crippen molar-refractivity contribution in [2.75, 3.05) is 0 Å². The second kappa shape index (κ2) is 5.94. The van der Waals surface area contributed by atoms with E-state index in [9.17, 15) is 0 Å². The molecule has 0 unspecified atom stereocenters. The van der Waals surface area contributed by atoms with Crippen LogP contribution < -0.4 is 0 Å². The van der Waals surface area contributed by atoms with E-state index in [0.29, 0.717) is 0 Å². The molecule has 0 aliphatic rings. The number of fused-ring (bicyclic) bond motifs is 7. The fourth-order valence-electron chi connectivity index (χ4n) is 4.45. The van der Waals surface area contributed by atoms with Gasteiger partial charge in [0.05, 0.1) is 0 Å². The van der Waals surface area contributed by atoms with Gasteiger partial charge in [-0.3, -0.25) is 0 Å². The molecule has 0 aliphatic carbocycles. The van der Waals surface area contributed by atoms with Crippen LogP contribution in [0.25, 0.3) is 54.2 Å². The van der Waals surface area contributed by atoms with Gasteiger partial charge in [-0.15, -0.1) is 0 Å². The minimum absolute atomic E-state index is 1.26. The van der Waals surface area contributed by atoms with E-state index in [1.807, 2.05) is 0 Å². The average Bonchev–Trinajstić information content (AvgIpc) is 2.78. The molecule has 0 fully saturated rings. The van der Waals surface area contributed by atoms with Crippen molar-refractivity contribution in [2.24, 2.45) is 0 Å². The fourth-order valence-corrected chi connectivity index (χ4v) is 4.45. The smallest absolute Gasteiger partial charge is 0.00923 e. The molecule has 0 amide bonds. The highest BCUT2D eigenvalue weighted by molar-refractivity contribution is 6.27. The van der Waals surface area contributed by atoms with E-state index in [4.69, 9.17) is 0 Å². The number of hydrogen-bond donors (Lipinski definition) is 0. The Labute approximate surface area is 163 Å². The van der Waals surface area contributed by atoms with Crippen molar-refractivity contribution in [1.29, 1.82) is 0 Å². The summed E-state index contributed by atoms with van der Waals surface area (Å²) in [4.78, 5) is 0. The standard InChI is InChI=1S/C28H18/c1-2-8-19(9-3-1)22-14-15-25-23-12-6-7-13-24(23)26-16-20-10-4-5-11-21(20)17-28(26)27(25)18-22/h1-18H. The van der Waals surface area contributed by atoms with Crippen LogP contribution in [0.15, 0.2) is 109 Å². The number of rotatable bonds is 1. The van der Waals surface area contributed by atoms with Crippen molar-refractivity contribution in [1.82, 2.24) is 0 Å². The Morgan fingerprint density at radius 3 is 1.50 bits per heavy atom. The summed E-state index contributed by atoms with van der Waals surface area (Å²) in [5.74, 6) is 0. The second-order valence-corrected chi connectivity index (χ2v) is 7.42. The van der Waals surface area contributed by atoms with Crippen molar-refractivity contribution >= 4 is 43.1 Å². The molecule has 6 aromatic carbocycles. The Kier molecular flexibility index (Phi) is 3.27. The van der Waals surface area contributed by atoms with E-state index in [1.54, 1.807) is 0 Å². The highest BCUT2D eigenvalue weighted by Crippen LogP contribution is 2.38. The van der Waals surface area contributed by atoms with Crippen LogP contribution in [0.1, 0.15) is 0 Å². The number of benzene rings is 6. The lowest BCUT2D eigenvalue weighted by Gasteiger charge is -2.13. The molecule has 0 atom stereocenters. The lowest BCUT2D eigenvalue weighted by Crippen LogP contribution is -1.86. The van der Waals surface area contributed by atoms with Gasteiger partial charge in [0, 0.05) is 0 Å². The van der Waals surface area contributed by atoms with Gasteiger partial charge in [0.25, 0.3) is 0 Å². The van der Waals surface area contributed by atoms with Crippen LogP contribution in [-0.4, -0.2) is 0 Å². The van der Waals surface area contributed by atoms with Gasteiger partial charge < -0.3 is 0 Å². The molecule has 0 bridgehead atoms. The zero-order valence-electron chi connectivity index (χ0n) is 15.4. The largest absolute Gasteiger partial charge is 0.0622 e. The Hall–Kier alpha value is -3.64. The predicted octanol–water partition coefficient (Wildman–Crippen LogP) is 7.97. The van der Waals surface area contributed by atoms with Gasteiger partial charge in [-0.2, -0.15) is 0 Å². The van der Waals surface area contributed by atoms with Gasteiger partial charge in [0.15, 0.2) is 0 Å². The Morgan fingerprint density at radius 1 is 0.286 bits per heavy atom. The van der Waals surface area contributed by atoms with Gasteiger partial charge in [0.2, 0.25) is 0 Å². The molecule has 0 saturated heterocycles. The molecule has 0 heteroatoms. The Balaban J connectivity index is 1.83. The first-order chi connectivity index (χ1) is 13.9. The van der Waals surface area contributed by atoms with Crippen molar-refractivity contribution in [3.05, 3.63) is 109 Å². The maximum absolute atomic E-state index is 2.36. The molecule has 0 nitrogen and oxygen atoms in total. The van der Waals surface area contributed by atoms with Gasteiger partial charge in [-0.1, -0.05) is 91.0 Å². The summed E-state index contributed by atoms with van der Waals surface area (Å²) in [6, 6.07) is 39.6. The van der Waals surface area contributed by atoms with Crippen LogP contribution in [0, 0.1) is 0 Å². The lowest BCUT2D eigenvalue weighted by atomic mass is 9.90. The molecule has 0 radical (unpaired) electrons. The van der Waals surface area contributed by atoms with Crippen LogP contribution in [0.5, 0.6) is 0 Å². The molecule has 130 valence electrons. The van der Waals surface area contributed by atoms with Gasteiger partial charge in [0.1, 0.15) is 0 Å². The first-order valence-electron chi connectivity index (χ1n) is 9.71. The fraction of sp³-hybridized carbons (Fsp3) is 0. The molecule has 0 N–H and O–H groups in total. The van der Waals surface area contributed by atoms with Crippen molar-refractivity contribution < 1.29 is 0 Å². The van der Waals surface area contributed by atoms with Gasteiger partial charge in [-0.05, 0) is 72.4 Å². The zero-order valence-corrected chi connectivity index (χ0v) is 15.4. The lowest BCUT2D eigenvalue weighted by molar-refractivity contribution is 1.65. The highest BCUT2D eigenvalue weighted by Gasteiger charge is 2.10. The van der Waals surface area contributed by atoms with E-state index in [-0.39, 0.29) is 0 Å². The van der Waals surface area contributed by atoms with Gasteiger partial charge in [-0.25, -0.2) is 0 Å². The topological polar surface area (TPSA) is 0 Å². The van der Waals surface area contributed by atoms with E-state index in [0.717, 1.165) is 0 Å². The van der Waals surface area contributed by atoms with E-state index < -0.39 is 0 Å². The van der Waals surface area contributed by atoms with Crippen LogP contribution >= 0.6 is 0 Å². The highest BCUT2D eigenvalue weighted by atomic mass is 14.1. The second-order valence-electron chi connectivity index (χ2n) is 7.42. The van der Waals surface area contributed by atoms with E-state index in [2.05, 4.69) is 109 Å². The monoisotopic (exact) mass is 354 g/mol. The molecule has 0 aromatic heterocycles.